The second kappa shape index (κ2) is 6.23. The van der Waals surface area contributed by atoms with E-state index < -0.39 is 0 Å². The van der Waals surface area contributed by atoms with E-state index in [-0.39, 0.29) is 18.7 Å². The monoisotopic (exact) mass is 327 g/mol. The van der Waals surface area contributed by atoms with Gasteiger partial charge in [0.25, 0.3) is 5.91 Å². The van der Waals surface area contributed by atoms with Gasteiger partial charge < -0.3 is 18.8 Å². The number of benzene rings is 1. The molecule has 1 aliphatic carbocycles. The molecule has 2 aromatic rings. The van der Waals surface area contributed by atoms with Crippen molar-refractivity contribution in [2.24, 2.45) is 0 Å². The molecule has 0 N–H and O–H groups in total. The molecule has 0 saturated heterocycles. The minimum atomic E-state index is -0.0346. The van der Waals surface area contributed by atoms with Gasteiger partial charge in [0.1, 0.15) is 5.76 Å². The first-order valence-corrected chi connectivity index (χ1v) is 8.46. The van der Waals surface area contributed by atoms with Crippen LogP contribution in [0.2, 0.25) is 0 Å². The summed E-state index contributed by atoms with van der Waals surface area (Å²) in [6.45, 7) is 2.67. The highest BCUT2D eigenvalue weighted by atomic mass is 16.7. The third-order valence-corrected chi connectivity index (χ3v) is 4.77. The maximum absolute atomic E-state index is 13.0. The van der Waals surface area contributed by atoms with Crippen molar-refractivity contribution in [3.63, 3.8) is 0 Å². The molecule has 2 aliphatic rings. The fourth-order valence-corrected chi connectivity index (χ4v) is 3.51. The number of nitrogens with zero attached hydrogens (tertiary/aromatic N) is 1. The molecule has 126 valence electrons. The molecule has 2 heterocycles. The Hall–Kier alpha value is -2.43. The Labute approximate surface area is 141 Å². The zero-order valence-corrected chi connectivity index (χ0v) is 13.8. The molecule has 1 aromatic heterocycles. The zero-order valence-electron chi connectivity index (χ0n) is 13.8. The first kappa shape index (κ1) is 15.1. The number of carbonyl (C=O) groups is 1. The quantitative estimate of drug-likeness (QED) is 0.854. The van der Waals surface area contributed by atoms with E-state index in [0.717, 1.165) is 35.7 Å². The van der Waals surface area contributed by atoms with Gasteiger partial charge in [0.05, 0.1) is 0 Å². The molecule has 1 aliphatic heterocycles. The van der Waals surface area contributed by atoms with Crippen molar-refractivity contribution in [3.8, 4) is 11.5 Å². The lowest BCUT2D eigenvalue weighted by Crippen LogP contribution is -2.38. The fourth-order valence-electron chi connectivity index (χ4n) is 3.51. The minimum Gasteiger partial charge on any atom is -0.456 e. The Kier molecular flexibility index (Phi) is 3.92. The van der Waals surface area contributed by atoms with Gasteiger partial charge in [-0.05, 0) is 49.6 Å². The van der Waals surface area contributed by atoms with Gasteiger partial charge in [-0.2, -0.15) is 0 Å². The normalized spacial score (nSPS) is 16.5. The molecule has 5 heteroatoms. The van der Waals surface area contributed by atoms with E-state index in [1.165, 1.54) is 12.8 Å². The Morgan fingerprint density at radius 1 is 1.12 bits per heavy atom. The molecule has 1 amide bonds. The van der Waals surface area contributed by atoms with Crippen LogP contribution < -0.4 is 9.47 Å². The summed E-state index contributed by atoms with van der Waals surface area (Å²) in [5, 5.41) is 0. The summed E-state index contributed by atoms with van der Waals surface area (Å²) >= 11 is 0. The van der Waals surface area contributed by atoms with Crippen LogP contribution in [0.5, 0.6) is 11.5 Å². The van der Waals surface area contributed by atoms with E-state index in [1.807, 2.05) is 36.1 Å². The molecule has 0 atom stereocenters. The largest absolute Gasteiger partial charge is 0.456 e. The van der Waals surface area contributed by atoms with Crippen LogP contribution in [-0.4, -0.2) is 23.6 Å². The maximum atomic E-state index is 13.0. The Morgan fingerprint density at radius 3 is 2.67 bits per heavy atom. The number of hydrogen-bond donors (Lipinski definition) is 0. The second-order valence-corrected chi connectivity index (χ2v) is 6.47. The lowest BCUT2D eigenvalue weighted by Gasteiger charge is -2.28. The van der Waals surface area contributed by atoms with Gasteiger partial charge in [0.2, 0.25) is 6.79 Å². The van der Waals surface area contributed by atoms with Crippen molar-refractivity contribution in [1.82, 2.24) is 4.90 Å². The number of hydrogen-bond acceptors (Lipinski definition) is 4. The average molecular weight is 327 g/mol. The van der Waals surface area contributed by atoms with E-state index >= 15 is 0 Å². The SMILES string of the molecule is Cc1ccc(C(=O)N(Cc2ccc3c(c2)OCO3)C2CCCC2)o1. The van der Waals surface area contributed by atoms with Crippen LogP contribution in [0.3, 0.4) is 0 Å². The van der Waals surface area contributed by atoms with Crippen molar-refractivity contribution < 1.29 is 18.7 Å². The number of amides is 1. The summed E-state index contributed by atoms with van der Waals surface area (Å²) in [6, 6.07) is 9.74. The van der Waals surface area contributed by atoms with Crippen molar-refractivity contribution in [2.75, 3.05) is 6.79 Å². The Balaban J connectivity index is 1.59. The third-order valence-electron chi connectivity index (χ3n) is 4.77. The lowest BCUT2D eigenvalue weighted by molar-refractivity contribution is 0.0630. The molecule has 1 aromatic carbocycles. The van der Waals surface area contributed by atoms with Crippen molar-refractivity contribution in [2.45, 2.75) is 45.2 Å². The Morgan fingerprint density at radius 2 is 1.92 bits per heavy atom. The second-order valence-electron chi connectivity index (χ2n) is 6.47. The predicted molar refractivity (Wildman–Crippen MR) is 88.1 cm³/mol. The number of ether oxygens (including phenoxy) is 2. The van der Waals surface area contributed by atoms with Gasteiger partial charge in [0.15, 0.2) is 17.3 Å². The van der Waals surface area contributed by atoms with Gasteiger partial charge in [-0.1, -0.05) is 18.9 Å². The third kappa shape index (κ3) is 2.86. The number of carbonyl (C=O) groups excluding carboxylic acids is 1. The molecule has 0 spiro atoms. The summed E-state index contributed by atoms with van der Waals surface area (Å²) in [5.41, 5.74) is 1.04. The smallest absolute Gasteiger partial charge is 0.290 e. The van der Waals surface area contributed by atoms with Gasteiger partial charge >= 0.3 is 0 Å². The number of aryl methyl sites for hydroxylation is 1. The van der Waals surface area contributed by atoms with Crippen molar-refractivity contribution in [3.05, 3.63) is 47.4 Å². The molecule has 0 unspecified atom stereocenters. The van der Waals surface area contributed by atoms with Gasteiger partial charge in [-0.3, -0.25) is 4.79 Å². The van der Waals surface area contributed by atoms with Crippen LogP contribution in [0.15, 0.2) is 34.7 Å². The van der Waals surface area contributed by atoms with Crippen LogP contribution in [0.4, 0.5) is 0 Å². The van der Waals surface area contributed by atoms with Crippen molar-refractivity contribution in [1.29, 1.82) is 0 Å². The summed E-state index contributed by atoms with van der Waals surface area (Å²) in [6.07, 6.45) is 4.45. The molecule has 0 radical (unpaired) electrons. The first-order valence-electron chi connectivity index (χ1n) is 8.46. The molecule has 5 nitrogen and oxygen atoms in total. The average Bonchev–Trinajstić information content (AvgIpc) is 3.32. The minimum absolute atomic E-state index is 0.0346. The summed E-state index contributed by atoms with van der Waals surface area (Å²) < 4.78 is 16.4. The fraction of sp³-hybridized carbons (Fsp3) is 0.421. The van der Waals surface area contributed by atoms with Crippen LogP contribution in [0.25, 0.3) is 0 Å². The molecule has 1 fully saturated rings. The summed E-state index contributed by atoms with van der Waals surface area (Å²) in [4.78, 5) is 14.9. The first-order chi connectivity index (χ1) is 11.7. The molecule has 1 saturated carbocycles. The van der Waals surface area contributed by atoms with E-state index in [4.69, 9.17) is 13.9 Å². The topological polar surface area (TPSA) is 51.9 Å². The van der Waals surface area contributed by atoms with E-state index in [1.54, 1.807) is 6.07 Å². The highest BCUT2D eigenvalue weighted by molar-refractivity contribution is 5.91. The number of fused-ring (bicyclic) bond motifs is 1. The summed E-state index contributed by atoms with van der Waals surface area (Å²) in [5.74, 6) is 2.65. The standard InChI is InChI=1S/C19H21NO4/c1-13-6-8-17(24-13)19(21)20(15-4-2-3-5-15)11-14-7-9-16-18(10-14)23-12-22-16/h6-10,15H,2-5,11-12H2,1H3. The van der Waals surface area contributed by atoms with Crippen LogP contribution >= 0.6 is 0 Å². The zero-order chi connectivity index (χ0) is 16.5. The van der Waals surface area contributed by atoms with E-state index in [2.05, 4.69) is 0 Å². The molecule has 24 heavy (non-hydrogen) atoms. The van der Waals surface area contributed by atoms with E-state index in [0.29, 0.717) is 12.3 Å². The van der Waals surface area contributed by atoms with Gasteiger partial charge in [-0.15, -0.1) is 0 Å². The number of furan rings is 1. The Bertz CT molecular complexity index is 746. The maximum Gasteiger partial charge on any atom is 0.290 e. The summed E-state index contributed by atoms with van der Waals surface area (Å²) in [7, 11) is 0. The molecular weight excluding hydrogens is 306 g/mol. The van der Waals surface area contributed by atoms with Crippen LogP contribution in [0, 0.1) is 6.92 Å². The highest BCUT2D eigenvalue weighted by Crippen LogP contribution is 2.34. The molecular formula is C19H21NO4. The van der Waals surface area contributed by atoms with Gasteiger partial charge in [0, 0.05) is 12.6 Å². The van der Waals surface area contributed by atoms with Crippen molar-refractivity contribution >= 4 is 5.91 Å². The van der Waals surface area contributed by atoms with Crippen LogP contribution in [0.1, 0.15) is 47.6 Å². The lowest BCUT2D eigenvalue weighted by atomic mass is 10.1. The van der Waals surface area contributed by atoms with Gasteiger partial charge in [-0.25, -0.2) is 0 Å². The van der Waals surface area contributed by atoms with Crippen LogP contribution in [-0.2, 0) is 6.54 Å². The number of rotatable bonds is 4. The van der Waals surface area contributed by atoms with E-state index in [9.17, 15) is 4.79 Å². The molecule has 0 bridgehead atoms. The molecule has 4 rings (SSSR count). The predicted octanol–water partition coefficient (Wildman–Crippen LogP) is 3.90. The highest BCUT2D eigenvalue weighted by Gasteiger charge is 2.29.